The first kappa shape index (κ1) is 19.3. The van der Waals surface area contributed by atoms with Crippen LogP contribution in [0.1, 0.15) is 40.7 Å². The van der Waals surface area contributed by atoms with E-state index in [1.807, 2.05) is 12.1 Å². The van der Waals surface area contributed by atoms with E-state index in [2.05, 4.69) is 29.7 Å². The molecule has 0 bridgehead atoms. The van der Waals surface area contributed by atoms with Crippen LogP contribution in [0.25, 0.3) is 0 Å². The van der Waals surface area contributed by atoms with Gasteiger partial charge in [-0.2, -0.15) is 0 Å². The van der Waals surface area contributed by atoms with Gasteiger partial charge in [-0.05, 0) is 45.2 Å². The highest BCUT2D eigenvalue weighted by molar-refractivity contribution is 5.94. The molecule has 0 spiro atoms. The fourth-order valence-corrected chi connectivity index (χ4v) is 4.00. The molecule has 1 amide bonds. The van der Waals surface area contributed by atoms with Crippen LogP contribution in [0, 0.1) is 13.8 Å². The average Bonchev–Trinajstić information content (AvgIpc) is 2.65. The summed E-state index contributed by atoms with van der Waals surface area (Å²) >= 11 is 0. The molecule has 1 aromatic carbocycles. The summed E-state index contributed by atoms with van der Waals surface area (Å²) in [7, 11) is 0. The molecule has 0 saturated carbocycles. The Kier molecular flexibility index (Phi) is 7.06. The molecule has 0 aliphatic carbocycles. The fourth-order valence-electron chi connectivity index (χ4n) is 4.00. The molecule has 2 saturated heterocycles. The van der Waals surface area contributed by atoms with Gasteiger partial charge in [0.25, 0.3) is 5.91 Å². The minimum Gasteiger partial charge on any atom is -0.381 e. The second-order valence-electron chi connectivity index (χ2n) is 7.53. The van der Waals surface area contributed by atoms with Gasteiger partial charge in [0.05, 0.1) is 13.2 Å². The third-order valence-electron chi connectivity index (χ3n) is 5.34. The summed E-state index contributed by atoms with van der Waals surface area (Å²) in [5, 5.41) is 0. The summed E-state index contributed by atoms with van der Waals surface area (Å²) in [6.45, 7) is 11.1. The van der Waals surface area contributed by atoms with Gasteiger partial charge in [-0.3, -0.25) is 9.69 Å². The maximum Gasteiger partial charge on any atom is 0.254 e. The van der Waals surface area contributed by atoms with Crippen LogP contribution in [-0.2, 0) is 9.47 Å². The quantitative estimate of drug-likeness (QED) is 0.782. The van der Waals surface area contributed by atoms with Crippen LogP contribution < -0.4 is 0 Å². The predicted octanol–water partition coefficient (Wildman–Crippen LogP) is 2.65. The fraction of sp³-hybridized carbons (Fsp3) is 0.667. The number of rotatable bonds is 6. The van der Waals surface area contributed by atoms with Crippen molar-refractivity contribution in [3.05, 3.63) is 34.9 Å². The van der Waals surface area contributed by atoms with Gasteiger partial charge in [0.1, 0.15) is 0 Å². The van der Waals surface area contributed by atoms with Crippen molar-refractivity contribution >= 4 is 5.91 Å². The third-order valence-corrected chi connectivity index (χ3v) is 5.34. The Morgan fingerprint density at radius 3 is 2.31 bits per heavy atom. The monoisotopic (exact) mass is 360 g/mol. The van der Waals surface area contributed by atoms with Crippen molar-refractivity contribution in [2.45, 2.75) is 39.2 Å². The molecule has 2 aliphatic rings. The molecule has 2 aliphatic heterocycles. The molecule has 0 unspecified atom stereocenters. The number of amides is 1. The molecule has 0 atom stereocenters. The topological polar surface area (TPSA) is 42.0 Å². The maximum absolute atomic E-state index is 13.3. The molecular weight excluding hydrogens is 328 g/mol. The van der Waals surface area contributed by atoms with Crippen molar-refractivity contribution in [3.63, 3.8) is 0 Å². The zero-order valence-electron chi connectivity index (χ0n) is 16.2. The minimum atomic E-state index is 0.172. The first-order valence-corrected chi connectivity index (χ1v) is 9.90. The zero-order valence-corrected chi connectivity index (χ0v) is 16.2. The van der Waals surface area contributed by atoms with Gasteiger partial charge in [-0.15, -0.1) is 0 Å². The summed E-state index contributed by atoms with van der Waals surface area (Å²) in [5.74, 6) is 0.172. The van der Waals surface area contributed by atoms with E-state index in [-0.39, 0.29) is 5.91 Å². The molecule has 0 radical (unpaired) electrons. The molecule has 2 heterocycles. The third kappa shape index (κ3) is 5.29. The first-order valence-electron chi connectivity index (χ1n) is 9.90. The molecule has 5 nitrogen and oxygen atoms in total. The van der Waals surface area contributed by atoms with E-state index in [4.69, 9.17) is 9.47 Å². The van der Waals surface area contributed by atoms with Gasteiger partial charge < -0.3 is 14.4 Å². The average molecular weight is 360 g/mol. The van der Waals surface area contributed by atoms with Crippen LogP contribution >= 0.6 is 0 Å². The molecule has 144 valence electrons. The lowest BCUT2D eigenvalue weighted by atomic mass is 10.0. The van der Waals surface area contributed by atoms with Crippen molar-refractivity contribution in [2.24, 2.45) is 0 Å². The van der Waals surface area contributed by atoms with Gasteiger partial charge in [0, 0.05) is 51.0 Å². The Morgan fingerprint density at radius 2 is 1.65 bits per heavy atom. The minimum absolute atomic E-state index is 0.172. The Labute approximate surface area is 157 Å². The molecule has 0 N–H and O–H groups in total. The SMILES string of the molecule is Cc1cc(C)cc(C(=O)N(CCCN2CCOCC2)C2CCOCC2)c1. The van der Waals surface area contributed by atoms with E-state index < -0.39 is 0 Å². The standard InChI is InChI=1S/C21H32N2O3/c1-17-14-18(2)16-19(15-17)21(24)23(20-4-10-25-11-5-20)7-3-6-22-8-12-26-13-9-22/h14-16,20H,3-13H2,1-2H3. The lowest BCUT2D eigenvalue weighted by Crippen LogP contribution is -2.45. The summed E-state index contributed by atoms with van der Waals surface area (Å²) in [6, 6.07) is 6.45. The molecule has 0 aromatic heterocycles. The first-order chi connectivity index (χ1) is 12.6. The summed E-state index contributed by atoms with van der Waals surface area (Å²) in [4.78, 5) is 17.8. The van der Waals surface area contributed by atoms with Crippen LogP contribution in [0.15, 0.2) is 18.2 Å². The van der Waals surface area contributed by atoms with Gasteiger partial charge in [-0.25, -0.2) is 0 Å². The smallest absolute Gasteiger partial charge is 0.254 e. The summed E-state index contributed by atoms with van der Waals surface area (Å²) < 4.78 is 10.9. The second kappa shape index (κ2) is 9.49. The highest BCUT2D eigenvalue weighted by Crippen LogP contribution is 2.20. The van der Waals surface area contributed by atoms with Crippen LogP contribution in [0.3, 0.4) is 0 Å². The van der Waals surface area contributed by atoms with E-state index in [0.29, 0.717) is 6.04 Å². The van der Waals surface area contributed by atoms with E-state index in [9.17, 15) is 4.79 Å². The number of hydrogen-bond donors (Lipinski definition) is 0. The molecule has 26 heavy (non-hydrogen) atoms. The van der Waals surface area contributed by atoms with Crippen molar-refractivity contribution in [3.8, 4) is 0 Å². The maximum atomic E-state index is 13.3. The van der Waals surface area contributed by atoms with E-state index >= 15 is 0 Å². The van der Waals surface area contributed by atoms with Crippen molar-refractivity contribution < 1.29 is 14.3 Å². The van der Waals surface area contributed by atoms with E-state index in [0.717, 1.165) is 88.6 Å². The molecular formula is C21H32N2O3. The number of carbonyl (C=O) groups is 1. The summed E-state index contributed by atoms with van der Waals surface area (Å²) in [5.41, 5.74) is 3.11. The number of morpholine rings is 1. The Morgan fingerprint density at radius 1 is 1.04 bits per heavy atom. The Balaban J connectivity index is 1.66. The number of ether oxygens (including phenoxy) is 2. The second-order valence-corrected chi connectivity index (χ2v) is 7.53. The lowest BCUT2D eigenvalue weighted by molar-refractivity contribution is 0.0223. The van der Waals surface area contributed by atoms with Gasteiger partial charge in [0.2, 0.25) is 0 Å². The number of carbonyl (C=O) groups excluding carboxylic acids is 1. The molecule has 1 aromatic rings. The zero-order chi connectivity index (χ0) is 18.4. The molecule has 5 heteroatoms. The van der Waals surface area contributed by atoms with Crippen LogP contribution in [0.2, 0.25) is 0 Å². The number of nitrogens with zero attached hydrogens (tertiary/aromatic N) is 2. The van der Waals surface area contributed by atoms with Crippen molar-refractivity contribution in [1.82, 2.24) is 9.80 Å². The number of hydrogen-bond acceptors (Lipinski definition) is 4. The molecule has 2 fully saturated rings. The van der Waals surface area contributed by atoms with Crippen LogP contribution in [-0.4, -0.2) is 74.4 Å². The highest BCUT2D eigenvalue weighted by atomic mass is 16.5. The van der Waals surface area contributed by atoms with Gasteiger partial charge >= 0.3 is 0 Å². The van der Waals surface area contributed by atoms with Crippen molar-refractivity contribution in [2.75, 3.05) is 52.6 Å². The van der Waals surface area contributed by atoms with Gasteiger partial charge in [-0.1, -0.05) is 17.2 Å². The Bertz CT molecular complexity index is 573. The normalized spacial score (nSPS) is 19.5. The van der Waals surface area contributed by atoms with Crippen LogP contribution in [0.4, 0.5) is 0 Å². The largest absolute Gasteiger partial charge is 0.381 e. The van der Waals surface area contributed by atoms with E-state index in [1.165, 1.54) is 0 Å². The Hall–Kier alpha value is -1.43. The van der Waals surface area contributed by atoms with Gasteiger partial charge in [0.15, 0.2) is 0 Å². The lowest BCUT2D eigenvalue weighted by Gasteiger charge is -2.35. The number of aryl methyl sites for hydroxylation is 2. The highest BCUT2D eigenvalue weighted by Gasteiger charge is 2.26. The van der Waals surface area contributed by atoms with Crippen molar-refractivity contribution in [1.29, 1.82) is 0 Å². The summed E-state index contributed by atoms with van der Waals surface area (Å²) in [6.07, 6.45) is 2.88. The molecule has 3 rings (SSSR count). The predicted molar refractivity (Wildman–Crippen MR) is 103 cm³/mol. The van der Waals surface area contributed by atoms with E-state index in [1.54, 1.807) is 0 Å². The van der Waals surface area contributed by atoms with Crippen LogP contribution in [0.5, 0.6) is 0 Å². The number of benzene rings is 1.